The number of rotatable bonds is 5. The summed E-state index contributed by atoms with van der Waals surface area (Å²) in [5.41, 5.74) is 3.09. The summed E-state index contributed by atoms with van der Waals surface area (Å²) in [7, 11) is -3.35. The smallest absolute Gasteiger partial charge is 0.320 e. The van der Waals surface area contributed by atoms with Gasteiger partial charge in [0, 0.05) is 36.6 Å². The third-order valence-electron chi connectivity index (χ3n) is 6.02. The Kier molecular flexibility index (Phi) is 5.33. The largest absolute Gasteiger partial charge is 0.464 e. The summed E-state index contributed by atoms with van der Waals surface area (Å²) >= 11 is 0. The van der Waals surface area contributed by atoms with Crippen molar-refractivity contribution in [3.63, 3.8) is 0 Å². The molecule has 2 amide bonds. The quantitative estimate of drug-likeness (QED) is 0.808. The van der Waals surface area contributed by atoms with Gasteiger partial charge in [0.2, 0.25) is 10.0 Å². The van der Waals surface area contributed by atoms with Gasteiger partial charge in [0.15, 0.2) is 0 Å². The molecular weight excluding hydrogens is 390 g/mol. The third kappa shape index (κ3) is 4.14. The number of amides is 2. The standard InChI is InChI=1S/C21H29N3O4S/c1-14(2)17-13-28-20-6-5-15(11-16(17)20)12-19-18(22-29(3,26)27)7-10-24(19)21(25)23-8-4-9-23/h5-6,11,13-14,18-19,22H,4,7-10,12H2,1-3H3/t18-,19-/m1/s1. The van der Waals surface area contributed by atoms with Crippen molar-refractivity contribution in [1.29, 1.82) is 0 Å². The van der Waals surface area contributed by atoms with Crippen molar-refractivity contribution in [2.24, 2.45) is 0 Å². The van der Waals surface area contributed by atoms with Gasteiger partial charge in [-0.3, -0.25) is 0 Å². The first kappa shape index (κ1) is 20.2. The van der Waals surface area contributed by atoms with E-state index in [1.54, 1.807) is 0 Å². The number of nitrogens with zero attached hydrogens (tertiary/aromatic N) is 2. The second-order valence-electron chi connectivity index (χ2n) is 8.55. The summed E-state index contributed by atoms with van der Waals surface area (Å²) in [5, 5.41) is 1.09. The van der Waals surface area contributed by atoms with Crippen LogP contribution in [-0.2, 0) is 16.4 Å². The molecule has 8 heteroatoms. The highest BCUT2D eigenvalue weighted by Crippen LogP contribution is 2.30. The molecule has 1 aromatic carbocycles. The number of carbonyl (C=O) groups excluding carboxylic acids is 1. The van der Waals surface area contributed by atoms with Crippen molar-refractivity contribution in [2.45, 2.75) is 51.1 Å². The van der Waals surface area contributed by atoms with Crippen LogP contribution in [0.1, 0.15) is 43.7 Å². The fourth-order valence-electron chi connectivity index (χ4n) is 4.36. The topological polar surface area (TPSA) is 82.9 Å². The molecule has 4 rings (SSSR count). The fraction of sp³-hybridized carbons (Fsp3) is 0.571. The molecule has 0 radical (unpaired) electrons. The van der Waals surface area contributed by atoms with Gasteiger partial charge in [-0.05, 0) is 42.9 Å². The maximum Gasteiger partial charge on any atom is 0.320 e. The lowest BCUT2D eigenvalue weighted by Crippen LogP contribution is -2.54. The Bertz CT molecular complexity index is 1010. The fourth-order valence-corrected chi connectivity index (χ4v) is 5.18. The van der Waals surface area contributed by atoms with Crippen LogP contribution < -0.4 is 4.72 Å². The zero-order valence-electron chi connectivity index (χ0n) is 17.2. The van der Waals surface area contributed by atoms with Crippen molar-refractivity contribution in [3.8, 4) is 0 Å². The number of furan rings is 1. The lowest BCUT2D eigenvalue weighted by atomic mass is 9.97. The molecule has 2 aromatic rings. The zero-order valence-corrected chi connectivity index (χ0v) is 18.0. The monoisotopic (exact) mass is 419 g/mol. The van der Waals surface area contributed by atoms with Crippen LogP contribution in [0.2, 0.25) is 0 Å². The van der Waals surface area contributed by atoms with Crippen LogP contribution in [0, 0.1) is 0 Å². The van der Waals surface area contributed by atoms with Crippen LogP contribution in [0.25, 0.3) is 11.0 Å². The summed E-state index contributed by atoms with van der Waals surface area (Å²) in [4.78, 5) is 16.6. The molecule has 0 unspecified atom stereocenters. The van der Waals surface area contributed by atoms with Gasteiger partial charge in [-0.2, -0.15) is 0 Å². The van der Waals surface area contributed by atoms with Gasteiger partial charge in [-0.1, -0.05) is 19.9 Å². The number of carbonyl (C=O) groups is 1. The Labute approximate surface area is 172 Å². The molecule has 0 saturated carbocycles. The zero-order chi connectivity index (χ0) is 20.8. The number of urea groups is 1. The van der Waals surface area contributed by atoms with Crippen LogP contribution in [-0.4, -0.2) is 62.2 Å². The number of likely N-dealkylation sites (tertiary alicyclic amines) is 2. The predicted octanol–water partition coefficient (Wildman–Crippen LogP) is 2.92. The van der Waals surface area contributed by atoms with E-state index in [0.717, 1.165) is 41.6 Å². The van der Waals surface area contributed by atoms with Gasteiger partial charge >= 0.3 is 6.03 Å². The van der Waals surface area contributed by atoms with E-state index in [2.05, 4.69) is 24.6 Å². The molecule has 1 N–H and O–H groups in total. The minimum atomic E-state index is -3.35. The van der Waals surface area contributed by atoms with E-state index in [1.807, 2.05) is 28.2 Å². The highest BCUT2D eigenvalue weighted by molar-refractivity contribution is 7.88. The SMILES string of the molecule is CC(C)c1coc2ccc(C[C@@H]3[C@H](NS(C)(=O)=O)CCN3C(=O)N3CCC3)cc12. The third-order valence-corrected chi connectivity index (χ3v) is 6.75. The molecule has 2 atom stereocenters. The van der Waals surface area contributed by atoms with Gasteiger partial charge < -0.3 is 14.2 Å². The van der Waals surface area contributed by atoms with Crippen LogP contribution in [0.4, 0.5) is 4.79 Å². The van der Waals surface area contributed by atoms with Crippen molar-refractivity contribution in [2.75, 3.05) is 25.9 Å². The number of sulfonamides is 1. The molecule has 158 valence electrons. The first-order chi connectivity index (χ1) is 13.7. The molecule has 3 heterocycles. The van der Waals surface area contributed by atoms with Crippen molar-refractivity contribution in [3.05, 3.63) is 35.6 Å². The molecule has 7 nitrogen and oxygen atoms in total. The minimum absolute atomic E-state index is 0.0197. The molecule has 29 heavy (non-hydrogen) atoms. The van der Waals surface area contributed by atoms with E-state index in [9.17, 15) is 13.2 Å². The summed E-state index contributed by atoms with van der Waals surface area (Å²) in [5.74, 6) is 0.349. The Morgan fingerprint density at radius 2 is 2.03 bits per heavy atom. The molecule has 0 spiro atoms. The molecule has 2 fully saturated rings. The lowest BCUT2D eigenvalue weighted by molar-refractivity contribution is 0.120. The summed E-state index contributed by atoms with van der Waals surface area (Å²) in [6.45, 7) is 6.40. The van der Waals surface area contributed by atoms with Crippen LogP contribution >= 0.6 is 0 Å². The second-order valence-corrected chi connectivity index (χ2v) is 10.3. The van der Waals surface area contributed by atoms with E-state index < -0.39 is 10.0 Å². The van der Waals surface area contributed by atoms with E-state index in [1.165, 1.54) is 6.26 Å². The van der Waals surface area contributed by atoms with Crippen LogP contribution in [0.3, 0.4) is 0 Å². The van der Waals surface area contributed by atoms with E-state index >= 15 is 0 Å². The van der Waals surface area contributed by atoms with Gasteiger partial charge in [0.1, 0.15) is 5.58 Å². The number of hydrogen-bond acceptors (Lipinski definition) is 4. The maximum absolute atomic E-state index is 12.9. The number of fused-ring (bicyclic) bond motifs is 1. The molecule has 1 aromatic heterocycles. The van der Waals surface area contributed by atoms with Gasteiger partial charge in [-0.15, -0.1) is 0 Å². The van der Waals surface area contributed by atoms with Crippen LogP contribution in [0.15, 0.2) is 28.9 Å². The number of benzene rings is 1. The van der Waals surface area contributed by atoms with Crippen molar-refractivity contribution >= 4 is 27.0 Å². The van der Waals surface area contributed by atoms with Gasteiger partial charge in [0.05, 0.1) is 18.6 Å². The first-order valence-corrected chi connectivity index (χ1v) is 12.1. The first-order valence-electron chi connectivity index (χ1n) is 10.3. The summed E-state index contributed by atoms with van der Waals surface area (Å²) in [6.07, 6.45) is 5.25. The molecule has 2 aliphatic rings. The summed E-state index contributed by atoms with van der Waals surface area (Å²) < 4.78 is 32.2. The molecular formula is C21H29N3O4S. The molecule has 2 aliphatic heterocycles. The van der Waals surface area contributed by atoms with Gasteiger partial charge in [0.25, 0.3) is 0 Å². The normalized spacial score (nSPS) is 22.5. The average molecular weight is 420 g/mol. The van der Waals surface area contributed by atoms with E-state index in [-0.39, 0.29) is 18.1 Å². The molecule has 0 aliphatic carbocycles. The Balaban J connectivity index is 1.63. The predicted molar refractivity (Wildman–Crippen MR) is 112 cm³/mol. The highest BCUT2D eigenvalue weighted by Gasteiger charge is 2.40. The Morgan fingerprint density at radius 3 is 2.66 bits per heavy atom. The lowest BCUT2D eigenvalue weighted by Gasteiger charge is -2.37. The number of hydrogen-bond donors (Lipinski definition) is 1. The Hall–Kier alpha value is -2.06. The minimum Gasteiger partial charge on any atom is -0.464 e. The van der Waals surface area contributed by atoms with E-state index in [0.29, 0.717) is 25.3 Å². The Morgan fingerprint density at radius 1 is 1.28 bits per heavy atom. The van der Waals surface area contributed by atoms with Crippen LogP contribution in [0.5, 0.6) is 0 Å². The number of nitrogens with one attached hydrogen (secondary N) is 1. The highest BCUT2D eigenvalue weighted by atomic mass is 32.2. The molecule has 0 bridgehead atoms. The maximum atomic E-state index is 12.9. The van der Waals surface area contributed by atoms with E-state index in [4.69, 9.17) is 4.42 Å². The van der Waals surface area contributed by atoms with Crippen molar-refractivity contribution < 1.29 is 17.6 Å². The van der Waals surface area contributed by atoms with Crippen molar-refractivity contribution in [1.82, 2.24) is 14.5 Å². The molecule has 2 saturated heterocycles. The average Bonchev–Trinajstić information content (AvgIpc) is 3.16. The summed E-state index contributed by atoms with van der Waals surface area (Å²) in [6, 6.07) is 5.64. The second kappa shape index (κ2) is 7.65. The van der Waals surface area contributed by atoms with Gasteiger partial charge in [-0.25, -0.2) is 17.9 Å².